The fraction of sp³-hybridized carbons (Fsp3) is 0.643. The number of hydrogen-bond acceptors (Lipinski definition) is 8. The standard InChI is InChI=1S/C37H50ClN3O3.C4H11NOS.CH4O/c1-3-5-7-29(20-39-23-33(24-39)40-14-16-43-17-15-40)35-11-9-30(35)21-41-22-31(34-12-10-32(38)19-28(34)6-4-2)26-44-37-13-8-27(25-42)18-36(37)41;1-4(2)7(6)5-3;1-2/h5,7-8,10,12-13,18-19,25,29-31,33,35H,3-4,6,9,11,14-17,20-24,26H2,1-2H3;4-5H,1-3H3;2H,1H3/b7-5+;;. The van der Waals surface area contributed by atoms with Gasteiger partial charge in [-0.3, -0.25) is 14.6 Å². The van der Waals surface area contributed by atoms with E-state index in [0.29, 0.717) is 36.0 Å². The molecule has 3 fully saturated rings. The number of anilines is 1. The van der Waals surface area contributed by atoms with Crippen molar-refractivity contribution in [3.05, 3.63) is 70.3 Å². The average molecular weight is 774 g/mol. The summed E-state index contributed by atoms with van der Waals surface area (Å²) in [6.07, 6.45) is 11.6. The predicted molar refractivity (Wildman–Crippen MR) is 220 cm³/mol. The van der Waals surface area contributed by atoms with Crippen molar-refractivity contribution in [1.29, 1.82) is 0 Å². The molecule has 2 N–H and O–H groups in total. The number of nitrogens with one attached hydrogen (secondary N) is 1. The number of morpholine rings is 1. The lowest BCUT2D eigenvalue weighted by Crippen LogP contribution is -2.62. The number of aryl methyl sites for hydroxylation is 1. The molecule has 1 aliphatic carbocycles. The van der Waals surface area contributed by atoms with Crippen LogP contribution in [-0.2, 0) is 22.1 Å². The van der Waals surface area contributed by atoms with Gasteiger partial charge in [0.15, 0.2) is 0 Å². The Morgan fingerprint density at radius 3 is 2.42 bits per heavy atom. The average Bonchev–Trinajstić information content (AvgIpc) is 3.33. The number of carbonyl (C=O) groups excluding carboxylic acids is 1. The molecule has 2 aromatic carbocycles. The third-order valence-electron chi connectivity index (χ3n) is 11.1. The van der Waals surface area contributed by atoms with Crippen molar-refractivity contribution < 1.29 is 23.6 Å². The molecular formula is C42H65ClN4O5S. The van der Waals surface area contributed by atoms with Crippen molar-refractivity contribution in [3.8, 4) is 5.75 Å². The number of aliphatic hydroxyl groups is 1. The number of nitrogens with zero attached hydrogens (tertiary/aromatic N) is 3. The molecule has 0 bridgehead atoms. The van der Waals surface area contributed by atoms with Crippen LogP contribution in [0.2, 0.25) is 5.02 Å². The summed E-state index contributed by atoms with van der Waals surface area (Å²) in [6, 6.07) is 13.0. The van der Waals surface area contributed by atoms with Crippen molar-refractivity contribution in [2.45, 2.75) is 77.0 Å². The largest absolute Gasteiger partial charge is 0.491 e. The first-order valence-corrected chi connectivity index (χ1v) is 21.3. The van der Waals surface area contributed by atoms with Gasteiger partial charge < -0.3 is 19.5 Å². The molecule has 0 radical (unpaired) electrons. The van der Waals surface area contributed by atoms with Gasteiger partial charge in [-0.1, -0.05) is 50.1 Å². The lowest BCUT2D eigenvalue weighted by atomic mass is 9.66. The van der Waals surface area contributed by atoms with Crippen LogP contribution in [0, 0.1) is 17.8 Å². The van der Waals surface area contributed by atoms with Crippen LogP contribution < -0.4 is 14.4 Å². The van der Waals surface area contributed by atoms with Crippen LogP contribution in [0.4, 0.5) is 5.69 Å². The van der Waals surface area contributed by atoms with Crippen molar-refractivity contribution in [2.24, 2.45) is 17.8 Å². The summed E-state index contributed by atoms with van der Waals surface area (Å²) in [5.41, 5.74) is 4.43. The molecule has 11 heteroatoms. The second kappa shape index (κ2) is 22.3. The summed E-state index contributed by atoms with van der Waals surface area (Å²) >= 11 is 6.44. The van der Waals surface area contributed by atoms with Crippen LogP contribution in [0.15, 0.2) is 48.6 Å². The van der Waals surface area contributed by atoms with Crippen molar-refractivity contribution in [3.63, 3.8) is 0 Å². The van der Waals surface area contributed by atoms with E-state index in [9.17, 15) is 9.00 Å². The maximum Gasteiger partial charge on any atom is 0.150 e. The zero-order valence-corrected chi connectivity index (χ0v) is 34.5. The molecule has 0 amide bonds. The number of aldehydes is 1. The SMILES string of the molecule is CC/C=C/C(CN1CC(N2CCOCC2)C1)C1CCC1CN1CC(c2ccc(Cl)cc2CCC)COc2ccc(C=O)cc21.CNS(=O)C(C)C.CO. The number of aliphatic hydroxyl groups excluding tert-OH is 1. The lowest BCUT2D eigenvalue weighted by Gasteiger charge is -2.50. The molecular weight excluding hydrogens is 708 g/mol. The van der Waals surface area contributed by atoms with Crippen molar-refractivity contribution in [2.75, 3.05) is 84.7 Å². The minimum absolute atomic E-state index is 0.227. The van der Waals surface area contributed by atoms with Crippen LogP contribution in [0.1, 0.15) is 80.8 Å². The van der Waals surface area contributed by atoms with Crippen LogP contribution in [0.5, 0.6) is 5.75 Å². The van der Waals surface area contributed by atoms with Gasteiger partial charge in [0, 0.05) is 80.7 Å². The molecule has 0 spiro atoms. The maximum absolute atomic E-state index is 11.8. The van der Waals surface area contributed by atoms with E-state index in [0.717, 1.165) is 95.1 Å². The molecule has 2 saturated heterocycles. The summed E-state index contributed by atoms with van der Waals surface area (Å²) in [5.74, 6) is 2.98. The van der Waals surface area contributed by atoms with Gasteiger partial charge in [-0.25, -0.2) is 8.93 Å². The van der Waals surface area contributed by atoms with E-state index < -0.39 is 11.0 Å². The minimum atomic E-state index is -0.829. The number of hydrogen-bond donors (Lipinski definition) is 2. The van der Waals surface area contributed by atoms with Gasteiger partial charge in [0.2, 0.25) is 0 Å². The molecule has 2 aromatic rings. The fourth-order valence-electron chi connectivity index (χ4n) is 8.12. The molecule has 296 valence electrons. The summed E-state index contributed by atoms with van der Waals surface area (Å²) in [5, 5.41) is 8.02. The van der Waals surface area contributed by atoms with Gasteiger partial charge in [0.05, 0.1) is 36.5 Å². The smallest absolute Gasteiger partial charge is 0.150 e. The van der Waals surface area contributed by atoms with Crippen molar-refractivity contribution >= 4 is 34.6 Å². The summed E-state index contributed by atoms with van der Waals surface area (Å²) in [6.45, 7) is 18.2. The summed E-state index contributed by atoms with van der Waals surface area (Å²) in [4.78, 5) is 19.7. The van der Waals surface area contributed by atoms with Gasteiger partial charge in [-0.05, 0) is 106 Å². The second-order valence-corrected chi connectivity index (χ2v) is 17.3. The zero-order chi connectivity index (χ0) is 38.3. The Morgan fingerprint density at radius 1 is 1.06 bits per heavy atom. The normalized spacial score (nSPS) is 23.3. The van der Waals surface area contributed by atoms with E-state index in [1.165, 1.54) is 37.1 Å². The highest BCUT2D eigenvalue weighted by atomic mass is 35.5. The summed E-state index contributed by atoms with van der Waals surface area (Å²) < 4.78 is 25.2. The van der Waals surface area contributed by atoms with Gasteiger partial charge in [-0.15, -0.1) is 0 Å². The molecule has 1 saturated carbocycles. The zero-order valence-electron chi connectivity index (χ0n) is 33.0. The Kier molecular flexibility index (Phi) is 18.3. The van der Waals surface area contributed by atoms with E-state index >= 15 is 0 Å². The number of likely N-dealkylation sites (tertiary alicyclic amines) is 1. The van der Waals surface area contributed by atoms with E-state index in [1.54, 1.807) is 7.05 Å². The van der Waals surface area contributed by atoms with Crippen molar-refractivity contribution in [1.82, 2.24) is 14.5 Å². The molecule has 9 nitrogen and oxygen atoms in total. The van der Waals surface area contributed by atoms with E-state index in [-0.39, 0.29) is 11.2 Å². The quantitative estimate of drug-likeness (QED) is 0.164. The monoisotopic (exact) mass is 772 g/mol. The van der Waals surface area contributed by atoms with Crippen LogP contribution in [-0.4, -0.2) is 116 Å². The number of halogens is 1. The van der Waals surface area contributed by atoms with E-state index in [1.807, 2.05) is 38.1 Å². The Balaban J connectivity index is 0.000000627. The molecule has 3 aliphatic heterocycles. The highest BCUT2D eigenvalue weighted by molar-refractivity contribution is 7.83. The maximum atomic E-state index is 11.8. The number of benzene rings is 2. The van der Waals surface area contributed by atoms with Crippen LogP contribution >= 0.6 is 11.6 Å². The first-order valence-electron chi connectivity index (χ1n) is 19.7. The molecule has 4 aliphatic rings. The number of ether oxygens (including phenoxy) is 2. The van der Waals surface area contributed by atoms with Gasteiger partial charge in [0.25, 0.3) is 0 Å². The number of rotatable bonds is 14. The number of allylic oxidation sites excluding steroid dienone is 1. The van der Waals surface area contributed by atoms with E-state index in [2.05, 4.69) is 57.6 Å². The number of fused-ring (bicyclic) bond motifs is 1. The molecule has 0 aromatic heterocycles. The van der Waals surface area contributed by atoms with Crippen LogP contribution in [0.3, 0.4) is 0 Å². The van der Waals surface area contributed by atoms with E-state index in [4.69, 9.17) is 26.2 Å². The Hall–Kier alpha value is -2.31. The predicted octanol–water partition coefficient (Wildman–Crippen LogP) is 6.60. The molecule has 5 unspecified atom stereocenters. The first-order chi connectivity index (χ1) is 25.7. The highest BCUT2D eigenvalue weighted by Gasteiger charge is 2.41. The Morgan fingerprint density at radius 2 is 1.81 bits per heavy atom. The molecule has 5 atom stereocenters. The third kappa shape index (κ3) is 12.1. The molecule has 6 rings (SSSR count). The Labute approximate surface area is 327 Å². The lowest BCUT2D eigenvalue weighted by molar-refractivity contribution is -0.0396. The molecule has 3 heterocycles. The molecule has 53 heavy (non-hydrogen) atoms. The van der Waals surface area contributed by atoms with Gasteiger partial charge in [-0.2, -0.15) is 0 Å². The first kappa shape index (κ1) is 43.4. The summed E-state index contributed by atoms with van der Waals surface area (Å²) in [7, 11) is 1.86. The number of carbonyl (C=O) groups is 1. The Bertz CT molecular complexity index is 1460. The topological polar surface area (TPSA) is 94.6 Å². The third-order valence-corrected chi connectivity index (χ3v) is 12.6. The second-order valence-electron chi connectivity index (χ2n) is 14.9. The minimum Gasteiger partial charge on any atom is -0.491 e. The van der Waals surface area contributed by atoms with Crippen LogP contribution in [0.25, 0.3) is 0 Å². The van der Waals surface area contributed by atoms with Gasteiger partial charge >= 0.3 is 0 Å². The van der Waals surface area contributed by atoms with Gasteiger partial charge in [0.1, 0.15) is 12.0 Å². The highest BCUT2D eigenvalue weighted by Crippen LogP contribution is 2.44. The fourth-order valence-corrected chi connectivity index (χ4v) is 8.79.